The molecule has 316 valence electrons. The van der Waals surface area contributed by atoms with Gasteiger partial charge >= 0.3 is 17.9 Å². The lowest BCUT2D eigenvalue weighted by Crippen LogP contribution is -2.50. The molecular weight excluding hydrogens is 703 g/mol. The predicted molar refractivity (Wildman–Crippen MR) is 233 cm³/mol. The van der Waals surface area contributed by atoms with Crippen molar-refractivity contribution < 1.29 is 38.2 Å². The zero-order valence-corrected chi connectivity index (χ0v) is 35.8. The Hall–Kier alpha value is -3.75. The van der Waals surface area contributed by atoms with Crippen LogP contribution in [0.3, 0.4) is 0 Å². The van der Waals surface area contributed by atoms with Crippen LogP contribution in [0.15, 0.2) is 97.2 Å². The van der Waals surface area contributed by atoms with Crippen molar-refractivity contribution in [3.05, 3.63) is 97.2 Å². The van der Waals surface area contributed by atoms with E-state index in [1.54, 1.807) is 0 Å². The largest absolute Gasteiger partial charge is 0.477 e. The third kappa shape index (κ3) is 35.9. The summed E-state index contributed by atoms with van der Waals surface area (Å²) in [5, 5.41) is 9.61. The van der Waals surface area contributed by atoms with Crippen LogP contribution < -0.4 is 0 Å². The zero-order chi connectivity index (χ0) is 41.4. The minimum absolute atomic E-state index is 0.0298. The number of allylic oxidation sites excluding steroid dienone is 16. The number of carboxylic acids is 1. The van der Waals surface area contributed by atoms with E-state index in [1.165, 1.54) is 38.5 Å². The fourth-order valence-electron chi connectivity index (χ4n) is 5.60. The van der Waals surface area contributed by atoms with E-state index in [1.807, 2.05) is 75.8 Å². The van der Waals surface area contributed by atoms with E-state index in [0.29, 0.717) is 19.3 Å². The molecule has 0 rings (SSSR count). The first-order chi connectivity index (χ1) is 27.1. The van der Waals surface area contributed by atoms with Crippen LogP contribution in [-0.4, -0.2) is 80.6 Å². The summed E-state index contributed by atoms with van der Waals surface area (Å²) in [5.74, 6) is -1.58. The smallest absolute Gasteiger partial charge is 0.362 e. The Morgan fingerprint density at radius 2 is 1.05 bits per heavy atom. The summed E-state index contributed by atoms with van der Waals surface area (Å²) in [7, 11) is 5.49. The van der Waals surface area contributed by atoms with Gasteiger partial charge in [-0.05, 0) is 57.8 Å². The molecule has 0 aromatic rings. The highest BCUT2D eigenvalue weighted by Gasteiger charge is 2.31. The minimum atomic E-state index is -0.891. The van der Waals surface area contributed by atoms with Gasteiger partial charge in [-0.2, -0.15) is 0 Å². The summed E-state index contributed by atoms with van der Waals surface area (Å²) in [6.45, 7) is 4.37. The van der Waals surface area contributed by atoms with Gasteiger partial charge in [0.2, 0.25) is 0 Å². The van der Waals surface area contributed by atoms with Gasteiger partial charge in [0.25, 0.3) is 0 Å². The molecule has 0 aliphatic carbocycles. The van der Waals surface area contributed by atoms with E-state index in [9.17, 15) is 19.5 Å². The first-order valence-electron chi connectivity index (χ1n) is 21.3. The SMILES string of the molecule is CC/C=C/C=C/C=C/C=C/C=C/CCCC(=O)OCC(COCCC(C(=O)O)[N+](C)(C)C)OC(=O)CCCCCCCCCCC/C=C/C/C=C/C/C=C/CC. The van der Waals surface area contributed by atoms with Crippen molar-refractivity contribution in [2.45, 2.75) is 148 Å². The first-order valence-corrected chi connectivity index (χ1v) is 21.3. The van der Waals surface area contributed by atoms with Gasteiger partial charge in [0.15, 0.2) is 12.1 Å². The number of quaternary nitrogens is 1. The number of hydrogen-bond donors (Lipinski definition) is 1. The van der Waals surface area contributed by atoms with Crippen LogP contribution in [0, 0.1) is 0 Å². The molecule has 56 heavy (non-hydrogen) atoms. The highest BCUT2D eigenvalue weighted by Crippen LogP contribution is 2.13. The van der Waals surface area contributed by atoms with Gasteiger partial charge in [-0.3, -0.25) is 9.59 Å². The zero-order valence-electron chi connectivity index (χ0n) is 35.8. The maximum atomic E-state index is 12.7. The normalized spacial score (nSPS) is 13.9. The molecule has 0 spiro atoms. The second-order valence-corrected chi connectivity index (χ2v) is 15.0. The second-order valence-electron chi connectivity index (χ2n) is 15.0. The summed E-state index contributed by atoms with van der Waals surface area (Å²) < 4.78 is 17.2. The standard InChI is InChI=1S/C48H77NO7/c1-6-8-10-12-14-16-18-20-21-22-23-24-25-27-29-31-33-35-37-39-47(51)56-44(42-54-41-40-45(48(52)53)49(3,4)5)43-55-46(50)38-36-34-32-30-28-26-19-17-15-13-11-9-7-2/h8-11,13-17,19-21,26,28,30,32,44-45H,6-7,12,18,22-25,27,29,31,33-43H2,1-5H3/p+1/b10-8+,11-9+,15-13+,16-14+,19-17+,21-20+,28-26+,32-30+. The maximum Gasteiger partial charge on any atom is 0.362 e. The van der Waals surface area contributed by atoms with Gasteiger partial charge in [0, 0.05) is 19.3 Å². The molecule has 2 atom stereocenters. The number of rotatable bonds is 36. The van der Waals surface area contributed by atoms with Gasteiger partial charge in [0.1, 0.15) is 6.61 Å². The van der Waals surface area contributed by atoms with Crippen molar-refractivity contribution in [1.29, 1.82) is 0 Å². The third-order valence-electron chi connectivity index (χ3n) is 8.86. The fraction of sp³-hybridized carbons (Fsp3) is 0.604. The van der Waals surface area contributed by atoms with Crippen molar-refractivity contribution in [3.63, 3.8) is 0 Å². The van der Waals surface area contributed by atoms with Crippen molar-refractivity contribution in [2.75, 3.05) is 41.0 Å². The lowest BCUT2D eigenvalue weighted by molar-refractivity contribution is -0.887. The molecule has 0 saturated heterocycles. The number of carboxylic acid groups (broad SMARTS) is 1. The summed E-state index contributed by atoms with van der Waals surface area (Å²) in [5.41, 5.74) is 0. The number of esters is 2. The van der Waals surface area contributed by atoms with Crippen LogP contribution in [0.1, 0.15) is 136 Å². The third-order valence-corrected chi connectivity index (χ3v) is 8.86. The molecule has 8 nitrogen and oxygen atoms in total. The highest BCUT2D eigenvalue weighted by molar-refractivity contribution is 5.72. The van der Waals surface area contributed by atoms with Crippen molar-refractivity contribution in [2.24, 2.45) is 0 Å². The molecule has 0 bridgehead atoms. The monoisotopic (exact) mass is 781 g/mol. The molecule has 0 saturated carbocycles. The first kappa shape index (κ1) is 52.2. The van der Waals surface area contributed by atoms with E-state index >= 15 is 0 Å². The van der Waals surface area contributed by atoms with E-state index in [2.05, 4.69) is 56.4 Å². The van der Waals surface area contributed by atoms with Crippen molar-refractivity contribution in [3.8, 4) is 0 Å². The minimum Gasteiger partial charge on any atom is -0.477 e. The Morgan fingerprint density at radius 3 is 1.64 bits per heavy atom. The average molecular weight is 781 g/mol. The van der Waals surface area contributed by atoms with Crippen LogP contribution in [0.25, 0.3) is 0 Å². The summed E-state index contributed by atoms with van der Waals surface area (Å²) in [6, 6.07) is -0.631. The van der Waals surface area contributed by atoms with Gasteiger partial charge in [0.05, 0.1) is 34.4 Å². The van der Waals surface area contributed by atoms with E-state index in [4.69, 9.17) is 14.2 Å². The van der Waals surface area contributed by atoms with E-state index in [0.717, 1.165) is 57.8 Å². The Bertz CT molecular complexity index is 1230. The summed E-state index contributed by atoms with van der Waals surface area (Å²) in [6.07, 6.45) is 50.3. The Kier molecular flexibility index (Phi) is 35.6. The number of ether oxygens (including phenoxy) is 3. The number of unbranched alkanes of at least 4 members (excludes halogenated alkanes) is 10. The molecule has 0 aromatic carbocycles. The second kappa shape index (κ2) is 38.1. The molecule has 0 aliphatic heterocycles. The molecule has 0 radical (unpaired) electrons. The molecule has 8 heteroatoms. The van der Waals surface area contributed by atoms with Crippen LogP contribution in [0.4, 0.5) is 0 Å². The Labute approximate surface area is 341 Å². The molecule has 0 aliphatic rings. The van der Waals surface area contributed by atoms with Crippen molar-refractivity contribution in [1.82, 2.24) is 0 Å². The van der Waals surface area contributed by atoms with Crippen molar-refractivity contribution >= 4 is 17.9 Å². The van der Waals surface area contributed by atoms with Gasteiger partial charge in [-0.15, -0.1) is 0 Å². The number of carbonyl (C=O) groups is 3. The van der Waals surface area contributed by atoms with E-state index < -0.39 is 18.1 Å². The Morgan fingerprint density at radius 1 is 0.554 bits per heavy atom. The quantitative estimate of drug-likeness (QED) is 0.0222. The molecular formula is C48H78NO7+. The Balaban J connectivity index is 4.45. The van der Waals surface area contributed by atoms with Crippen LogP contribution in [0.5, 0.6) is 0 Å². The number of nitrogens with zero attached hydrogens (tertiary/aromatic N) is 1. The molecule has 2 unspecified atom stereocenters. The lowest BCUT2D eigenvalue weighted by atomic mass is 10.1. The fourth-order valence-corrected chi connectivity index (χ4v) is 5.60. The molecule has 0 aromatic heterocycles. The van der Waals surface area contributed by atoms with Gasteiger partial charge < -0.3 is 23.8 Å². The molecule has 0 heterocycles. The predicted octanol–water partition coefficient (Wildman–Crippen LogP) is 11.5. The topological polar surface area (TPSA) is 99.1 Å². The maximum absolute atomic E-state index is 12.7. The molecule has 1 N–H and O–H groups in total. The number of hydrogen-bond acceptors (Lipinski definition) is 6. The lowest BCUT2D eigenvalue weighted by Gasteiger charge is -2.31. The summed E-state index contributed by atoms with van der Waals surface area (Å²) >= 11 is 0. The van der Waals surface area contributed by atoms with Crippen LogP contribution in [0.2, 0.25) is 0 Å². The van der Waals surface area contributed by atoms with Crippen LogP contribution >= 0.6 is 0 Å². The van der Waals surface area contributed by atoms with Gasteiger partial charge in [-0.25, -0.2) is 4.79 Å². The average Bonchev–Trinajstić information content (AvgIpc) is 3.15. The number of aliphatic carboxylic acids is 1. The van der Waals surface area contributed by atoms with Gasteiger partial charge in [-0.1, -0.05) is 156 Å². The molecule has 0 fully saturated rings. The number of likely N-dealkylation sites (N-methyl/N-ethyl adjacent to an activating group) is 1. The molecule has 0 amide bonds. The summed E-state index contributed by atoms with van der Waals surface area (Å²) in [4.78, 5) is 36.9. The van der Waals surface area contributed by atoms with E-state index in [-0.39, 0.29) is 42.7 Å². The number of carbonyl (C=O) groups excluding carboxylic acids is 2. The highest BCUT2D eigenvalue weighted by atomic mass is 16.6. The van der Waals surface area contributed by atoms with Crippen LogP contribution in [-0.2, 0) is 28.6 Å².